The lowest BCUT2D eigenvalue weighted by Gasteiger charge is -2.22. The van der Waals surface area contributed by atoms with E-state index in [1.807, 2.05) is 18.2 Å². The fraction of sp³-hybridized carbons (Fsp3) is 0.278. The van der Waals surface area contributed by atoms with E-state index < -0.39 is 0 Å². The molecule has 3 aromatic heterocycles. The molecule has 1 aliphatic heterocycles. The normalized spacial score (nSPS) is 15.0. The van der Waals surface area contributed by atoms with Gasteiger partial charge in [-0.2, -0.15) is 0 Å². The molecular formula is C18H19N7. The predicted octanol–water partition coefficient (Wildman–Crippen LogP) is 1.80. The topological polar surface area (TPSA) is 79.7 Å². The highest BCUT2D eigenvalue weighted by molar-refractivity contribution is 5.66. The number of nitrogens with zero attached hydrogens (tertiary/aromatic N) is 6. The molecule has 126 valence electrons. The molecule has 1 fully saturated rings. The monoisotopic (exact) mass is 333 g/mol. The maximum absolute atomic E-state index is 4.76. The van der Waals surface area contributed by atoms with Crippen molar-refractivity contribution >= 4 is 5.82 Å². The number of aromatic nitrogens is 5. The molecular weight excluding hydrogens is 314 g/mol. The van der Waals surface area contributed by atoms with Gasteiger partial charge in [0.15, 0.2) is 5.82 Å². The lowest BCUT2D eigenvalue weighted by molar-refractivity contribution is 0.724. The first-order valence-electron chi connectivity index (χ1n) is 8.42. The van der Waals surface area contributed by atoms with Crippen LogP contribution in [-0.4, -0.2) is 51.1 Å². The Hall–Kier alpha value is -2.93. The first-order chi connectivity index (χ1) is 12.4. The van der Waals surface area contributed by atoms with Crippen LogP contribution in [0.2, 0.25) is 0 Å². The molecule has 0 saturated carbocycles. The summed E-state index contributed by atoms with van der Waals surface area (Å²) in [6.07, 6.45) is 9.64. The Morgan fingerprint density at radius 2 is 1.80 bits per heavy atom. The molecule has 1 N–H and O–H groups in total. The summed E-state index contributed by atoms with van der Waals surface area (Å²) >= 11 is 0. The quantitative estimate of drug-likeness (QED) is 0.783. The maximum Gasteiger partial charge on any atom is 0.182 e. The Balaban J connectivity index is 1.80. The van der Waals surface area contributed by atoms with Crippen LogP contribution >= 0.6 is 0 Å². The zero-order valence-corrected chi connectivity index (χ0v) is 13.8. The predicted molar refractivity (Wildman–Crippen MR) is 96.0 cm³/mol. The fourth-order valence-electron chi connectivity index (χ4n) is 2.87. The van der Waals surface area contributed by atoms with E-state index in [1.54, 1.807) is 31.0 Å². The molecule has 3 aromatic rings. The second kappa shape index (κ2) is 7.31. The van der Waals surface area contributed by atoms with Gasteiger partial charge in [0.1, 0.15) is 11.5 Å². The van der Waals surface area contributed by atoms with E-state index in [0.717, 1.165) is 49.7 Å². The van der Waals surface area contributed by atoms with Crippen molar-refractivity contribution in [3.05, 3.63) is 49.2 Å². The molecule has 0 radical (unpaired) electrons. The van der Waals surface area contributed by atoms with E-state index in [-0.39, 0.29) is 0 Å². The van der Waals surface area contributed by atoms with Crippen LogP contribution < -0.4 is 10.2 Å². The summed E-state index contributed by atoms with van der Waals surface area (Å²) in [5, 5.41) is 3.42. The van der Waals surface area contributed by atoms with Crippen LogP contribution in [0.4, 0.5) is 5.82 Å². The Morgan fingerprint density at radius 1 is 0.880 bits per heavy atom. The van der Waals surface area contributed by atoms with Crippen LogP contribution in [0.25, 0.3) is 22.8 Å². The lowest BCUT2D eigenvalue weighted by atomic mass is 10.2. The highest BCUT2D eigenvalue weighted by atomic mass is 15.2. The summed E-state index contributed by atoms with van der Waals surface area (Å²) in [4.78, 5) is 24.4. The summed E-state index contributed by atoms with van der Waals surface area (Å²) < 4.78 is 0. The van der Waals surface area contributed by atoms with Crippen LogP contribution in [0, 0.1) is 0 Å². The molecule has 0 spiro atoms. The molecule has 25 heavy (non-hydrogen) atoms. The Morgan fingerprint density at radius 3 is 2.64 bits per heavy atom. The van der Waals surface area contributed by atoms with E-state index in [9.17, 15) is 0 Å². The van der Waals surface area contributed by atoms with Crippen LogP contribution in [0.3, 0.4) is 0 Å². The van der Waals surface area contributed by atoms with Gasteiger partial charge >= 0.3 is 0 Å². The lowest BCUT2D eigenvalue weighted by Crippen LogP contribution is -2.28. The van der Waals surface area contributed by atoms with Crippen LogP contribution in [0.1, 0.15) is 6.42 Å². The van der Waals surface area contributed by atoms with Crippen molar-refractivity contribution in [1.82, 2.24) is 30.2 Å². The average Bonchev–Trinajstić information content (AvgIpc) is 2.99. The molecule has 4 rings (SSSR count). The van der Waals surface area contributed by atoms with Gasteiger partial charge in [0.05, 0.1) is 11.9 Å². The van der Waals surface area contributed by atoms with Crippen molar-refractivity contribution in [2.75, 3.05) is 31.1 Å². The number of hydrogen-bond acceptors (Lipinski definition) is 7. The van der Waals surface area contributed by atoms with Crippen molar-refractivity contribution < 1.29 is 0 Å². The molecule has 0 amide bonds. The molecule has 0 bridgehead atoms. The number of pyridine rings is 1. The number of nitrogens with one attached hydrogen (secondary N) is 1. The molecule has 0 atom stereocenters. The minimum absolute atomic E-state index is 0.592. The van der Waals surface area contributed by atoms with Crippen molar-refractivity contribution in [3.63, 3.8) is 0 Å². The zero-order valence-electron chi connectivity index (χ0n) is 13.8. The van der Waals surface area contributed by atoms with Gasteiger partial charge in [-0.3, -0.25) is 9.97 Å². The SMILES string of the molecule is c1cc(-c2cc(N3CCCNCC3)nc(-c3cnccn3)n2)ccn1. The minimum Gasteiger partial charge on any atom is -0.355 e. The zero-order chi connectivity index (χ0) is 16.9. The third-order valence-electron chi connectivity index (χ3n) is 4.15. The van der Waals surface area contributed by atoms with Crippen molar-refractivity contribution in [2.45, 2.75) is 6.42 Å². The summed E-state index contributed by atoms with van der Waals surface area (Å²) in [6, 6.07) is 5.95. The van der Waals surface area contributed by atoms with Crippen LogP contribution in [0.15, 0.2) is 49.2 Å². The molecule has 1 saturated heterocycles. The summed E-state index contributed by atoms with van der Waals surface area (Å²) in [6.45, 7) is 3.89. The molecule has 7 nitrogen and oxygen atoms in total. The van der Waals surface area contributed by atoms with Crippen molar-refractivity contribution in [1.29, 1.82) is 0 Å². The van der Waals surface area contributed by atoms with Gasteiger partial charge in [0.25, 0.3) is 0 Å². The third kappa shape index (κ3) is 3.61. The highest BCUT2D eigenvalue weighted by Crippen LogP contribution is 2.25. The number of rotatable bonds is 3. The summed E-state index contributed by atoms with van der Waals surface area (Å²) in [7, 11) is 0. The number of hydrogen-bond donors (Lipinski definition) is 1. The minimum atomic E-state index is 0.592. The summed E-state index contributed by atoms with van der Waals surface area (Å²) in [5.41, 5.74) is 2.55. The Labute approximate surface area is 146 Å². The third-order valence-corrected chi connectivity index (χ3v) is 4.15. The molecule has 0 aromatic carbocycles. The van der Waals surface area contributed by atoms with Gasteiger partial charge < -0.3 is 10.2 Å². The second-order valence-electron chi connectivity index (χ2n) is 5.85. The molecule has 0 unspecified atom stereocenters. The first-order valence-corrected chi connectivity index (χ1v) is 8.42. The molecule has 4 heterocycles. The smallest absolute Gasteiger partial charge is 0.182 e. The Kier molecular flexibility index (Phi) is 4.56. The summed E-state index contributed by atoms with van der Waals surface area (Å²) in [5.74, 6) is 1.51. The standard InChI is InChI=1S/C18H19N7/c1-4-19-9-11-25(10-1)17-12-15(14-2-5-20-6-3-14)23-18(24-17)16-13-21-7-8-22-16/h2-3,5-8,12-13,19H,1,4,9-11H2. The highest BCUT2D eigenvalue weighted by Gasteiger charge is 2.15. The molecule has 7 heteroatoms. The van der Waals surface area contributed by atoms with E-state index >= 15 is 0 Å². The van der Waals surface area contributed by atoms with E-state index in [2.05, 4.69) is 25.2 Å². The number of anilines is 1. The van der Waals surface area contributed by atoms with Crippen LogP contribution in [0.5, 0.6) is 0 Å². The van der Waals surface area contributed by atoms with Crippen molar-refractivity contribution in [2.24, 2.45) is 0 Å². The molecule has 1 aliphatic rings. The largest absolute Gasteiger partial charge is 0.355 e. The van der Waals surface area contributed by atoms with Gasteiger partial charge in [-0.05, 0) is 25.1 Å². The van der Waals surface area contributed by atoms with Gasteiger partial charge in [0.2, 0.25) is 0 Å². The van der Waals surface area contributed by atoms with E-state index in [1.165, 1.54) is 0 Å². The maximum atomic E-state index is 4.76. The average molecular weight is 333 g/mol. The first kappa shape index (κ1) is 15.6. The van der Waals surface area contributed by atoms with E-state index in [0.29, 0.717) is 11.5 Å². The molecule has 0 aliphatic carbocycles. The van der Waals surface area contributed by atoms with Gasteiger partial charge in [0, 0.05) is 56.1 Å². The fourth-order valence-corrected chi connectivity index (χ4v) is 2.87. The second-order valence-corrected chi connectivity index (χ2v) is 5.85. The van der Waals surface area contributed by atoms with Crippen LogP contribution in [-0.2, 0) is 0 Å². The van der Waals surface area contributed by atoms with Crippen molar-refractivity contribution in [3.8, 4) is 22.8 Å². The van der Waals surface area contributed by atoms with Gasteiger partial charge in [-0.15, -0.1) is 0 Å². The van der Waals surface area contributed by atoms with Gasteiger partial charge in [-0.1, -0.05) is 0 Å². The van der Waals surface area contributed by atoms with E-state index in [4.69, 9.17) is 9.97 Å². The Bertz CT molecular complexity index is 758. The van der Waals surface area contributed by atoms with Gasteiger partial charge in [-0.25, -0.2) is 15.0 Å².